The van der Waals surface area contributed by atoms with Gasteiger partial charge in [0.05, 0.1) is 10.8 Å². The van der Waals surface area contributed by atoms with Gasteiger partial charge in [0, 0.05) is 7.05 Å². The van der Waals surface area contributed by atoms with E-state index in [2.05, 4.69) is 77.2 Å². The van der Waals surface area contributed by atoms with Gasteiger partial charge in [0.2, 0.25) is 0 Å². The van der Waals surface area contributed by atoms with E-state index in [0.29, 0.717) is 0 Å². The average molecular weight is 478 g/mol. The van der Waals surface area contributed by atoms with Crippen molar-refractivity contribution in [2.75, 3.05) is 7.05 Å². The van der Waals surface area contributed by atoms with Crippen LogP contribution in [-0.4, -0.2) is 31.6 Å². The lowest BCUT2D eigenvalue weighted by Gasteiger charge is -2.44. The van der Waals surface area contributed by atoms with E-state index in [4.69, 9.17) is 0 Å². The Morgan fingerprint density at radius 2 is 1.31 bits per heavy atom. The molecule has 0 aliphatic heterocycles. The molecule has 2 saturated carbocycles. The Morgan fingerprint density at radius 3 is 1.75 bits per heavy atom. The summed E-state index contributed by atoms with van der Waals surface area (Å²) in [6.07, 6.45) is 14.2. The fourth-order valence-corrected chi connectivity index (χ4v) is 11.6. The number of benzene rings is 1. The molecule has 0 amide bonds. The molecule has 1 unspecified atom stereocenters. The molecule has 0 N–H and O–H groups in total. The lowest BCUT2D eigenvalue weighted by atomic mass is 9.82. The van der Waals surface area contributed by atoms with E-state index in [1.165, 1.54) is 69.8 Å². The molecule has 4 heteroatoms. The van der Waals surface area contributed by atoms with Crippen molar-refractivity contribution in [3.8, 4) is 0 Å². The molecule has 1 aromatic carbocycles. The molecule has 182 valence electrons. The molecule has 2 nitrogen and oxygen atoms in total. The highest BCUT2D eigenvalue weighted by atomic mass is 32.2. The van der Waals surface area contributed by atoms with E-state index in [1.54, 1.807) is 5.30 Å². The SMILES string of the molecule is CN(C(c1ccccc1P(C1CCCCC1)C1CCCCC1)C(C)(C)C)[S@](=O)C(C)(C)C. The molecule has 0 aromatic heterocycles. The first-order valence-corrected chi connectivity index (χ1v) is 15.6. The van der Waals surface area contributed by atoms with Gasteiger partial charge in [-0.05, 0) is 74.1 Å². The Morgan fingerprint density at radius 1 is 0.844 bits per heavy atom. The predicted molar refractivity (Wildman–Crippen MR) is 145 cm³/mol. The number of hydrogen-bond acceptors (Lipinski definition) is 1. The zero-order chi connectivity index (χ0) is 23.5. The van der Waals surface area contributed by atoms with Crippen LogP contribution in [0.1, 0.15) is 117 Å². The van der Waals surface area contributed by atoms with Crippen LogP contribution >= 0.6 is 7.92 Å². The third-order valence-corrected chi connectivity index (χ3v) is 12.8. The summed E-state index contributed by atoms with van der Waals surface area (Å²) in [6, 6.07) is 9.50. The maximum Gasteiger partial charge on any atom is 0.100 e. The fourth-order valence-electron chi connectivity index (χ4n) is 6.10. The summed E-state index contributed by atoms with van der Waals surface area (Å²) in [7, 11) is 0.855. The van der Waals surface area contributed by atoms with E-state index < -0.39 is 11.0 Å². The van der Waals surface area contributed by atoms with Gasteiger partial charge in [-0.15, -0.1) is 0 Å². The summed E-state index contributed by atoms with van der Waals surface area (Å²) in [6.45, 7) is 13.3. The quantitative estimate of drug-likeness (QED) is 0.381. The number of nitrogens with zero attached hydrogens (tertiary/aromatic N) is 1. The van der Waals surface area contributed by atoms with Crippen molar-refractivity contribution < 1.29 is 4.21 Å². The Labute approximate surface area is 202 Å². The molecular formula is C28H48NOPS. The van der Waals surface area contributed by atoms with E-state index in [-0.39, 0.29) is 24.1 Å². The van der Waals surface area contributed by atoms with Gasteiger partial charge in [-0.3, -0.25) is 0 Å². The van der Waals surface area contributed by atoms with Gasteiger partial charge in [0.15, 0.2) is 0 Å². The van der Waals surface area contributed by atoms with E-state index in [0.717, 1.165) is 11.3 Å². The molecule has 32 heavy (non-hydrogen) atoms. The second-order valence-corrected chi connectivity index (χ2v) is 17.3. The minimum Gasteiger partial charge on any atom is -0.242 e. The normalized spacial score (nSPS) is 21.8. The molecule has 1 aromatic rings. The zero-order valence-electron chi connectivity index (χ0n) is 21.8. The van der Waals surface area contributed by atoms with Crippen molar-refractivity contribution in [3.05, 3.63) is 29.8 Å². The van der Waals surface area contributed by atoms with E-state index >= 15 is 0 Å². The van der Waals surface area contributed by atoms with Gasteiger partial charge in [-0.1, -0.05) is 91.5 Å². The zero-order valence-corrected chi connectivity index (χ0v) is 23.5. The molecule has 0 bridgehead atoms. The molecule has 0 radical (unpaired) electrons. The fraction of sp³-hybridized carbons (Fsp3) is 0.786. The monoisotopic (exact) mass is 477 g/mol. The van der Waals surface area contributed by atoms with Gasteiger partial charge in [-0.25, -0.2) is 8.51 Å². The van der Waals surface area contributed by atoms with Crippen molar-refractivity contribution in [1.82, 2.24) is 4.31 Å². The maximum atomic E-state index is 13.6. The second kappa shape index (κ2) is 11.0. The van der Waals surface area contributed by atoms with Crippen molar-refractivity contribution in [3.63, 3.8) is 0 Å². The molecule has 2 atom stereocenters. The Kier molecular flexibility index (Phi) is 9.07. The molecule has 2 aliphatic rings. The highest BCUT2D eigenvalue weighted by Crippen LogP contribution is 2.56. The van der Waals surface area contributed by atoms with Crippen LogP contribution in [0.3, 0.4) is 0 Å². The highest BCUT2D eigenvalue weighted by Gasteiger charge is 2.40. The van der Waals surface area contributed by atoms with Crippen molar-refractivity contribution >= 4 is 24.2 Å². The van der Waals surface area contributed by atoms with E-state index in [1.807, 2.05) is 0 Å². The van der Waals surface area contributed by atoms with Gasteiger partial charge < -0.3 is 0 Å². The maximum absolute atomic E-state index is 13.6. The Hall–Kier alpha value is -0.240. The van der Waals surface area contributed by atoms with Crippen LogP contribution in [0.4, 0.5) is 0 Å². The molecule has 0 saturated heterocycles. The van der Waals surface area contributed by atoms with Crippen LogP contribution in [0.5, 0.6) is 0 Å². The molecule has 0 spiro atoms. The summed E-state index contributed by atoms with van der Waals surface area (Å²) in [4.78, 5) is 0. The second-order valence-electron chi connectivity index (χ2n) is 12.2. The number of rotatable bonds is 6. The summed E-state index contributed by atoms with van der Waals surface area (Å²) in [5.41, 5.74) is 3.22. The number of hydrogen-bond donors (Lipinski definition) is 0. The van der Waals surface area contributed by atoms with Crippen LogP contribution in [-0.2, 0) is 11.0 Å². The van der Waals surface area contributed by atoms with Gasteiger partial charge in [0.25, 0.3) is 0 Å². The largest absolute Gasteiger partial charge is 0.242 e. The van der Waals surface area contributed by atoms with Crippen molar-refractivity contribution in [2.24, 2.45) is 5.41 Å². The Bertz CT molecular complexity index is 735. The van der Waals surface area contributed by atoms with Gasteiger partial charge >= 0.3 is 0 Å². The van der Waals surface area contributed by atoms with Crippen LogP contribution in [0.2, 0.25) is 0 Å². The minimum atomic E-state index is -1.05. The predicted octanol–water partition coefficient (Wildman–Crippen LogP) is 7.94. The van der Waals surface area contributed by atoms with E-state index in [9.17, 15) is 4.21 Å². The first-order chi connectivity index (χ1) is 15.0. The molecule has 0 heterocycles. The van der Waals surface area contributed by atoms with Gasteiger partial charge in [-0.2, -0.15) is 0 Å². The van der Waals surface area contributed by atoms with Crippen molar-refractivity contribution in [2.45, 2.75) is 128 Å². The lowest BCUT2D eigenvalue weighted by molar-refractivity contribution is 0.207. The summed E-state index contributed by atoms with van der Waals surface area (Å²) >= 11 is 0. The molecule has 2 aliphatic carbocycles. The summed E-state index contributed by atoms with van der Waals surface area (Å²) < 4.78 is 15.5. The lowest BCUT2D eigenvalue weighted by Crippen LogP contribution is -2.43. The Balaban J connectivity index is 2.09. The smallest absolute Gasteiger partial charge is 0.100 e. The molecule has 2 fully saturated rings. The third-order valence-electron chi connectivity index (χ3n) is 7.42. The first kappa shape index (κ1) is 26.4. The van der Waals surface area contributed by atoms with Gasteiger partial charge in [0.1, 0.15) is 11.0 Å². The van der Waals surface area contributed by atoms with Crippen LogP contribution in [0.25, 0.3) is 0 Å². The van der Waals surface area contributed by atoms with Crippen molar-refractivity contribution in [1.29, 1.82) is 0 Å². The summed E-state index contributed by atoms with van der Waals surface area (Å²) in [5.74, 6) is 0. The van der Waals surface area contributed by atoms with Crippen LogP contribution in [0, 0.1) is 5.41 Å². The first-order valence-electron chi connectivity index (χ1n) is 13.0. The average Bonchev–Trinajstić information content (AvgIpc) is 2.74. The molecule has 3 rings (SSSR count). The summed E-state index contributed by atoms with van der Waals surface area (Å²) in [5, 5.41) is 1.64. The van der Waals surface area contributed by atoms with Crippen LogP contribution < -0.4 is 5.30 Å². The van der Waals surface area contributed by atoms with Crippen LogP contribution in [0.15, 0.2) is 24.3 Å². The highest BCUT2D eigenvalue weighted by molar-refractivity contribution is 7.84. The molecular weight excluding hydrogens is 429 g/mol. The topological polar surface area (TPSA) is 20.3 Å². The minimum absolute atomic E-state index is 0.00585. The standard InChI is InChI=1S/C28H48NOPS/c1-27(2,3)26(29(7)32(30)28(4,5)6)24-20-14-15-21-25(24)31(22-16-10-8-11-17-22)23-18-12-9-13-19-23/h14-15,20-23,26H,8-13,16-19H2,1-7H3/t26?,32-/m1/s1. The third kappa shape index (κ3) is 6.25.